The zero-order valence-corrected chi connectivity index (χ0v) is 15.2. The summed E-state index contributed by atoms with van der Waals surface area (Å²) in [5.41, 5.74) is -0.162. The molecule has 1 aliphatic rings. The van der Waals surface area contributed by atoms with Gasteiger partial charge < -0.3 is 10.2 Å². The summed E-state index contributed by atoms with van der Waals surface area (Å²) in [6.07, 6.45) is 6.47. The van der Waals surface area contributed by atoms with E-state index in [-0.39, 0.29) is 17.6 Å². The van der Waals surface area contributed by atoms with Crippen LogP contribution in [0, 0.1) is 0 Å². The van der Waals surface area contributed by atoms with Crippen molar-refractivity contribution < 1.29 is 4.79 Å². The van der Waals surface area contributed by atoms with E-state index in [9.17, 15) is 4.79 Å². The maximum absolute atomic E-state index is 12.7. The summed E-state index contributed by atoms with van der Waals surface area (Å²) in [6.45, 7) is 7.33. The topological polar surface area (TPSA) is 75.9 Å². The maximum atomic E-state index is 12.7. The third-order valence-electron chi connectivity index (χ3n) is 4.15. The molecule has 2 aromatic rings. The number of hydrogen-bond acceptors (Lipinski definition) is 5. The Hall–Kier alpha value is -1.96. The molecule has 8 heteroatoms. The van der Waals surface area contributed by atoms with Gasteiger partial charge in [0.1, 0.15) is 17.2 Å². The van der Waals surface area contributed by atoms with Crippen LogP contribution in [0.2, 0.25) is 0 Å². The van der Waals surface area contributed by atoms with Crippen LogP contribution >= 0.6 is 11.3 Å². The first-order chi connectivity index (χ1) is 11.5. The number of amides is 2. The van der Waals surface area contributed by atoms with Crippen LogP contribution in [0.3, 0.4) is 0 Å². The lowest BCUT2D eigenvalue weighted by Gasteiger charge is -2.34. The standard InChI is InChI=1S/C16H24N6OS/c1-16(2,3)22-13(19-11-20-22)10-18-15(23)21-8-5-4-6-12(21)14-17-7-9-24-14/h7,9,11-12H,4-6,8,10H2,1-3H3,(H,18,23)/t12-/m0/s1. The molecule has 1 N–H and O–H groups in total. The second kappa shape index (κ2) is 6.88. The quantitative estimate of drug-likeness (QED) is 0.925. The van der Waals surface area contributed by atoms with E-state index in [1.807, 2.05) is 15.0 Å². The Morgan fingerprint density at radius 1 is 1.38 bits per heavy atom. The molecule has 1 atom stereocenters. The van der Waals surface area contributed by atoms with Crippen molar-refractivity contribution in [3.8, 4) is 0 Å². The highest BCUT2D eigenvalue weighted by molar-refractivity contribution is 7.09. The number of thiazole rings is 1. The van der Waals surface area contributed by atoms with E-state index in [1.165, 1.54) is 6.33 Å². The van der Waals surface area contributed by atoms with E-state index in [0.717, 1.165) is 36.6 Å². The van der Waals surface area contributed by atoms with Crippen LogP contribution in [-0.2, 0) is 12.1 Å². The predicted molar refractivity (Wildman–Crippen MR) is 92.7 cm³/mol. The minimum atomic E-state index is -0.162. The lowest BCUT2D eigenvalue weighted by Crippen LogP contribution is -2.44. The second-order valence-corrected chi connectivity index (χ2v) is 7.92. The molecule has 2 aromatic heterocycles. The smallest absolute Gasteiger partial charge is 0.318 e. The zero-order valence-electron chi connectivity index (χ0n) is 14.4. The SMILES string of the molecule is CC(C)(C)n1ncnc1CNC(=O)N1CCCC[C@H]1c1nccs1. The Labute approximate surface area is 146 Å². The van der Waals surface area contributed by atoms with Gasteiger partial charge in [0, 0.05) is 18.1 Å². The normalized spacial score (nSPS) is 18.6. The van der Waals surface area contributed by atoms with Crippen LogP contribution in [0.25, 0.3) is 0 Å². The lowest BCUT2D eigenvalue weighted by molar-refractivity contribution is 0.150. The molecule has 0 radical (unpaired) electrons. The van der Waals surface area contributed by atoms with E-state index in [0.29, 0.717) is 6.54 Å². The molecule has 2 amide bonds. The number of nitrogens with one attached hydrogen (secondary N) is 1. The summed E-state index contributed by atoms with van der Waals surface area (Å²) >= 11 is 1.61. The molecule has 24 heavy (non-hydrogen) atoms. The molecule has 1 aliphatic heterocycles. The van der Waals surface area contributed by atoms with Crippen molar-refractivity contribution in [2.75, 3.05) is 6.54 Å². The van der Waals surface area contributed by atoms with Gasteiger partial charge in [0.2, 0.25) is 0 Å². The fourth-order valence-corrected chi connectivity index (χ4v) is 3.82. The van der Waals surface area contributed by atoms with Gasteiger partial charge in [-0.3, -0.25) is 0 Å². The summed E-state index contributed by atoms with van der Waals surface area (Å²) in [5.74, 6) is 0.763. The molecule has 0 aliphatic carbocycles. The van der Waals surface area contributed by atoms with Gasteiger partial charge in [0.05, 0.1) is 18.1 Å². The number of urea groups is 1. The van der Waals surface area contributed by atoms with Gasteiger partial charge in [-0.25, -0.2) is 19.4 Å². The molecule has 0 unspecified atom stereocenters. The third-order valence-corrected chi connectivity index (χ3v) is 5.03. The molecular formula is C16H24N6OS. The highest BCUT2D eigenvalue weighted by atomic mass is 32.1. The first kappa shape index (κ1) is 16.9. The van der Waals surface area contributed by atoms with E-state index in [4.69, 9.17) is 0 Å². The first-order valence-electron chi connectivity index (χ1n) is 8.30. The van der Waals surface area contributed by atoms with Gasteiger partial charge in [-0.15, -0.1) is 11.3 Å². The van der Waals surface area contributed by atoms with Gasteiger partial charge in [-0.1, -0.05) is 0 Å². The van der Waals surface area contributed by atoms with Crippen molar-refractivity contribution in [3.05, 3.63) is 28.7 Å². The highest BCUT2D eigenvalue weighted by Crippen LogP contribution is 2.31. The fourth-order valence-electron chi connectivity index (χ4n) is 3.03. The molecule has 0 aromatic carbocycles. The number of hydrogen-bond donors (Lipinski definition) is 1. The summed E-state index contributed by atoms with van der Waals surface area (Å²) in [6, 6.07) is 0.0256. The van der Waals surface area contributed by atoms with Crippen LogP contribution in [0.5, 0.6) is 0 Å². The zero-order chi connectivity index (χ0) is 17.2. The minimum absolute atomic E-state index is 0.0571. The Balaban J connectivity index is 1.67. The van der Waals surface area contributed by atoms with Gasteiger partial charge in [0.15, 0.2) is 0 Å². The van der Waals surface area contributed by atoms with E-state index < -0.39 is 0 Å². The lowest BCUT2D eigenvalue weighted by atomic mass is 10.0. The van der Waals surface area contributed by atoms with Gasteiger partial charge >= 0.3 is 6.03 Å². The third kappa shape index (κ3) is 3.58. The monoisotopic (exact) mass is 348 g/mol. The Morgan fingerprint density at radius 2 is 2.21 bits per heavy atom. The number of likely N-dealkylation sites (tertiary alicyclic amines) is 1. The van der Waals surface area contributed by atoms with Crippen LogP contribution < -0.4 is 5.32 Å². The maximum Gasteiger partial charge on any atom is 0.318 e. The number of piperidine rings is 1. The molecule has 0 spiro atoms. The summed E-state index contributed by atoms with van der Waals surface area (Å²) in [7, 11) is 0. The first-order valence-corrected chi connectivity index (χ1v) is 9.18. The molecule has 0 bridgehead atoms. The van der Waals surface area contributed by atoms with Crippen molar-refractivity contribution in [1.29, 1.82) is 0 Å². The Bertz CT molecular complexity index is 675. The van der Waals surface area contributed by atoms with Crippen molar-refractivity contribution in [2.24, 2.45) is 0 Å². The molecule has 130 valence electrons. The van der Waals surface area contributed by atoms with E-state index >= 15 is 0 Å². The second-order valence-electron chi connectivity index (χ2n) is 6.99. The van der Waals surface area contributed by atoms with Gasteiger partial charge in [-0.05, 0) is 40.0 Å². The van der Waals surface area contributed by atoms with E-state index in [2.05, 4.69) is 41.2 Å². The summed E-state index contributed by atoms with van der Waals surface area (Å²) < 4.78 is 1.85. The van der Waals surface area contributed by atoms with Crippen LogP contribution in [-0.4, -0.2) is 37.2 Å². The van der Waals surface area contributed by atoms with Crippen molar-refractivity contribution in [3.63, 3.8) is 0 Å². The molecule has 0 saturated carbocycles. The number of aromatic nitrogens is 4. The molecule has 1 fully saturated rings. The van der Waals surface area contributed by atoms with Crippen molar-refractivity contribution >= 4 is 17.4 Å². The molecular weight excluding hydrogens is 324 g/mol. The van der Waals surface area contributed by atoms with Crippen LogP contribution in [0.1, 0.15) is 56.9 Å². The predicted octanol–water partition coefficient (Wildman–Crippen LogP) is 2.93. The minimum Gasteiger partial charge on any atom is -0.331 e. The average molecular weight is 348 g/mol. The molecule has 3 heterocycles. The average Bonchev–Trinajstić information content (AvgIpc) is 3.23. The van der Waals surface area contributed by atoms with Crippen molar-refractivity contribution in [1.82, 2.24) is 30.0 Å². The molecule has 3 rings (SSSR count). The number of carbonyl (C=O) groups excluding carboxylic acids is 1. The highest BCUT2D eigenvalue weighted by Gasteiger charge is 2.30. The number of carbonyl (C=O) groups is 1. The summed E-state index contributed by atoms with van der Waals surface area (Å²) in [4.78, 5) is 23.3. The van der Waals surface area contributed by atoms with Crippen LogP contribution in [0.15, 0.2) is 17.9 Å². The largest absolute Gasteiger partial charge is 0.331 e. The Morgan fingerprint density at radius 3 is 2.92 bits per heavy atom. The van der Waals surface area contributed by atoms with Crippen LogP contribution in [0.4, 0.5) is 4.79 Å². The number of nitrogens with zero attached hydrogens (tertiary/aromatic N) is 5. The van der Waals surface area contributed by atoms with Gasteiger partial charge in [0.25, 0.3) is 0 Å². The van der Waals surface area contributed by atoms with Gasteiger partial charge in [-0.2, -0.15) is 5.10 Å². The molecule has 1 saturated heterocycles. The fraction of sp³-hybridized carbons (Fsp3) is 0.625. The Kier molecular flexibility index (Phi) is 4.84. The van der Waals surface area contributed by atoms with Crippen molar-refractivity contribution in [2.45, 2.75) is 58.2 Å². The molecule has 7 nitrogen and oxygen atoms in total. The van der Waals surface area contributed by atoms with E-state index in [1.54, 1.807) is 17.5 Å². The summed E-state index contributed by atoms with van der Waals surface area (Å²) in [5, 5.41) is 10.2. The number of rotatable bonds is 3.